The molecule has 2 fully saturated rings. The summed E-state index contributed by atoms with van der Waals surface area (Å²) in [5, 5.41) is 0.893. The Morgan fingerprint density at radius 2 is 1.85 bits per heavy atom. The lowest BCUT2D eigenvalue weighted by atomic mass is 9.94. The van der Waals surface area contributed by atoms with E-state index in [1.807, 2.05) is 0 Å². The molecule has 2 aliphatic rings. The van der Waals surface area contributed by atoms with Crippen molar-refractivity contribution in [2.75, 3.05) is 26.7 Å². The van der Waals surface area contributed by atoms with E-state index in [0.29, 0.717) is 16.5 Å². The molecule has 7 heteroatoms. The lowest BCUT2D eigenvalue weighted by molar-refractivity contribution is -0.157. The molecule has 2 aliphatic heterocycles. The topological polar surface area (TPSA) is 49.9 Å². The SMILES string of the molecule is COC(=O)[C@H]1CCC[C@H](CN2CCCC2)N1C(=O)Cc1ccc(Cl)c(Cl)c1. The Labute approximate surface area is 170 Å². The number of carbonyl (C=O) groups excluding carboxylic acids is 2. The van der Waals surface area contributed by atoms with Crippen LogP contribution in [0.2, 0.25) is 10.0 Å². The number of benzene rings is 1. The van der Waals surface area contributed by atoms with Gasteiger partial charge in [-0.25, -0.2) is 4.79 Å². The Kier molecular flexibility index (Phi) is 7.01. The second-order valence-electron chi connectivity index (χ2n) is 7.36. The van der Waals surface area contributed by atoms with Gasteiger partial charge < -0.3 is 14.5 Å². The molecule has 2 saturated heterocycles. The number of hydrogen-bond acceptors (Lipinski definition) is 4. The highest BCUT2D eigenvalue weighted by Crippen LogP contribution is 2.28. The summed E-state index contributed by atoms with van der Waals surface area (Å²) in [5.41, 5.74) is 0.795. The Balaban J connectivity index is 1.79. The van der Waals surface area contributed by atoms with Crippen LogP contribution in [0.1, 0.15) is 37.7 Å². The Hall–Kier alpha value is -1.30. The highest BCUT2D eigenvalue weighted by molar-refractivity contribution is 6.42. The molecule has 27 heavy (non-hydrogen) atoms. The average molecular weight is 413 g/mol. The number of halogens is 2. The zero-order valence-electron chi connectivity index (χ0n) is 15.6. The first-order valence-corrected chi connectivity index (χ1v) is 10.3. The molecule has 1 aromatic rings. The molecule has 0 bridgehead atoms. The zero-order chi connectivity index (χ0) is 19.4. The van der Waals surface area contributed by atoms with Crippen LogP contribution in [0, 0.1) is 0 Å². The van der Waals surface area contributed by atoms with E-state index in [2.05, 4.69) is 4.90 Å². The maximum atomic E-state index is 13.2. The van der Waals surface area contributed by atoms with Gasteiger partial charge in [0.15, 0.2) is 0 Å². The van der Waals surface area contributed by atoms with Crippen LogP contribution in [-0.2, 0) is 20.7 Å². The number of esters is 1. The minimum atomic E-state index is -0.508. The number of nitrogens with zero attached hydrogens (tertiary/aromatic N) is 2. The second-order valence-corrected chi connectivity index (χ2v) is 8.17. The van der Waals surface area contributed by atoms with Crippen LogP contribution in [0.5, 0.6) is 0 Å². The smallest absolute Gasteiger partial charge is 0.328 e. The van der Waals surface area contributed by atoms with Gasteiger partial charge in [0.25, 0.3) is 0 Å². The lowest BCUT2D eigenvalue weighted by Gasteiger charge is -2.42. The Morgan fingerprint density at radius 1 is 1.11 bits per heavy atom. The van der Waals surface area contributed by atoms with Crippen molar-refractivity contribution in [3.63, 3.8) is 0 Å². The first-order valence-electron chi connectivity index (χ1n) is 9.55. The van der Waals surface area contributed by atoms with Crippen LogP contribution in [0.25, 0.3) is 0 Å². The zero-order valence-corrected chi connectivity index (χ0v) is 17.1. The van der Waals surface area contributed by atoms with Crippen molar-refractivity contribution in [1.82, 2.24) is 9.80 Å². The summed E-state index contributed by atoms with van der Waals surface area (Å²) in [6.45, 7) is 2.95. The molecule has 0 aliphatic carbocycles. The molecule has 1 aromatic carbocycles. The molecule has 5 nitrogen and oxygen atoms in total. The molecule has 148 valence electrons. The van der Waals surface area contributed by atoms with E-state index in [-0.39, 0.29) is 24.3 Å². The van der Waals surface area contributed by atoms with Crippen molar-refractivity contribution in [3.05, 3.63) is 33.8 Å². The van der Waals surface area contributed by atoms with Gasteiger partial charge in [-0.15, -0.1) is 0 Å². The highest BCUT2D eigenvalue weighted by atomic mass is 35.5. The predicted molar refractivity (Wildman–Crippen MR) is 106 cm³/mol. The van der Waals surface area contributed by atoms with Gasteiger partial charge in [0.2, 0.25) is 5.91 Å². The van der Waals surface area contributed by atoms with Crippen LogP contribution < -0.4 is 0 Å². The summed E-state index contributed by atoms with van der Waals surface area (Å²) >= 11 is 12.1. The van der Waals surface area contributed by atoms with Crippen LogP contribution in [0.4, 0.5) is 0 Å². The third kappa shape index (κ3) is 4.95. The number of ether oxygens (including phenoxy) is 1. The van der Waals surface area contributed by atoms with Gasteiger partial charge in [-0.1, -0.05) is 29.3 Å². The third-order valence-corrected chi connectivity index (χ3v) is 6.25. The molecular weight excluding hydrogens is 387 g/mol. The largest absolute Gasteiger partial charge is 0.467 e. The molecule has 2 atom stereocenters. The highest BCUT2D eigenvalue weighted by Gasteiger charge is 2.39. The maximum Gasteiger partial charge on any atom is 0.328 e. The summed E-state index contributed by atoms with van der Waals surface area (Å²) in [4.78, 5) is 29.7. The van der Waals surface area contributed by atoms with E-state index >= 15 is 0 Å². The molecule has 0 saturated carbocycles. The molecule has 3 rings (SSSR count). The molecule has 0 radical (unpaired) electrons. The summed E-state index contributed by atoms with van der Waals surface area (Å²) < 4.78 is 4.99. The number of piperidine rings is 1. The van der Waals surface area contributed by atoms with Crippen molar-refractivity contribution < 1.29 is 14.3 Å². The minimum Gasteiger partial charge on any atom is -0.467 e. The Bertz CT molecular complexity index is 692. The van der Waals surface area contributed by atoms with Gasteiger partial charge in [-0.3, -0.25) is 4.79 Å². The van der Waals surface area contributed by atoms with Gasteiger partial charge in [0.1, 0.15) is 6.04 Å². The minimum absolute atomic E-state index is 0.0382. The standard InChI is InChI=1S/C20H26Cl2N2O3/c1-27-20(26)18-6-4-5-15(13-23-9-2-3-10-23)24(18)19(25)12-14-7-8-16(21)17(22)11-14/h7-8,11,15,18H,2-6,9-10,12-13H2,1H3/t15-,18-/m1/s1. The molecule has 0 N–H and O–H groups in total. The quantitative estimate of drug-likeness (QED) is 0.693. The lowest BCUT2D eigenvalue weighted by Crippen LogP contribution is -2.57. The van der Waals surface area contributed by atoms with Crippen LogP contribution in [0.15, 0.2) is 18.2 Å². The fourth-order valence-corrected chi connectivity index (χ4v) is 4.50. The van der Waals surface area contributed by atoms with Gasteiger partial charge in [0.05, 0.1) is 23.6 Å². The Morgan fingerprint density at radius 3 is 2.52 bits per heavy atom. The van der Waals surface area contributed by atoms with Gasteiger partial charge >= 0.3 is 5.97 Å². The normalized spacial score (nSPS) is 23.4. The number of amides is 1. The summed E-state index contributed by atoms with van der Waals surface area (Å²) in [6.07, 6.45) is 5.08. The molecule has 0 unspecified atom stereocenters. The summed E-state index contributed by atoms with van der Waals surface area (Å²) in [5.74, 6) is -0.392. The molecule has 2 heterocycles. The molecule has 0 aromatic heterocycles. The molecule has 0 spiro atoms. The maximum absolute atomic E-state index is 13.2. The summed E-state index contributed by atoms with van der Waals surface area (Å²) in [6, 6.07) is 4.75. The fourth-order valence-electron chi connectivity index (χ4n) is 4.18. The van der Waals surface area contributed by atoms with Gasteiger partial charge in [0, 0.05) is 12.6 Å². The van der Waals surface area contributed by atoms with E-state index in [1.165, 1.54) is 20.0 Å². The van der Waals surface area contributed by atoms with Crippen molar-refractivity contribution in [1.29, 1.82) is 0 Å². The summed E-state index contributed by atoms with van der Waals surface area (Å²) in [7, 11) is 1.38. The van der Waals surface area contributed by atoms with Crippen molar-refractivity contribution in [3.8, 4) is 0 Å². The third-order valence-electron chi connectivity index (χ3n) is 5.51. The number of methoxy groups -OCH3 is 1. The van der Waals surface area contributed by atoms with Crippen LogP contribution >= 0.6 is 23.2 Å². The number of likely N-dealkylation sites (tertiary alicyclic amines) is 2. The predicted octanol–water partition coefficient (Wildman–Crippen LogP) is 3.55. The van der Waals surface area contributed by atoms with Gasteiger partial charge in [-0.05, 0) is 62.9 Å². The van der Waals surface area contributed by atoms with Crippen LogP contribution in [-0.4, -0.2) is 60.5 Å². The van der Waals surface area contributed by atoms with Crippen molar-refractivity contribution in [2.45, 2.75) is 50.6 Å². The van der Waals surface area contributed by atoms with E-state index in [1.54, 1.807) is 23.1 Å². The number of hydrogen-bond donors (Lipinski definition) is 0. The van der Waals surface area contributed by atoms with E-state index in [0.717, 1.165) is 38.0 Å². The van der Waals surface area contributed by atoms with Crippen molar-refractivity contribution in [2.24, 2.45) is 0 Å². The number of carbonyl (C=O) groups is 2. The fraction of sp³-hybridized carbons (Fsp3) is 0.600. The van der Waals surface area contributed by atoms with Crippen LogP contribution in [0.3, 0.4) is 0 Å². The second kappa shape index (κ2) is 9.26. The van der Waals surface area contributed by atoms with Crippen molar-refractivity contribution >= 4 is 35.1 Å². The first-order chi connectivity index (χ1) is 13.0. The monoisotopic (exact) mass is 412 g/mol. The van der Waals surface area contributed by atoms with E-state index in [4.69, 9.17) is 27.9 Å². The van der Waals surface area contributed by atoms with E-state index < -0.39 is 6.04 Å². The number of rotatable bonds is 5. The molecular formula is C20H26Cl2N2O3. The molecule has 1 amide bonds. The average Bonchev–Trinajstić information content (AvgIpc) is 3.17. The first kappa shape index (κ1) is 20.4. The van der Waals surface area contributed by atoms with E-state index in [9.17, 15) is 9.59 Å². The van der Waals surface area contributed by atoms with Gasteiger partial charge in [-0.2, -0.15) is 0 Å².